The van der Waals surface area contributed by atoms with Gasteiger partial charge in [0.2, 0.25) is 0 Å². The van der Waals surface area contributed by atoms with E-state index in [0.29, 0.717) is 22.3 Å². The molecule has 0 aliphatic heterocycles. The van der Waals surface area contributed by atoms with Crippen molar-refractivity contribution in [3.63, 3.8) is 0 Å². The number of nitrogens with zero attached hydrogens (tertiary/aromatic N) is 3. The van der Waals surface area contributed by atoms with Gasteiger partial charge in [0.05, 0.1) is 6.85 Å². The number of furan rings is 1. The van der Waals surface area contributed by atoms with Crippen molar-refractivity contribution in [3.05, 3.63) is 200 Å². The molecule has 0 saturated heterocycles. The number of hydrogen-bond acceptors (Lipinski definition) is 4. The van der Waals surface area contributed by atoms with Crippen LogP contribution in [0.25, 0.3) is 101 Å². The molecule has 4 heteroatoms. The fraction of sp³-hybridized carbons (Fsp3) is 0. The molecule has 55 heavy (non-hydrogen) atoms. The maximum atomic E-state index is 8.81. The molecule has 0 spiro atoms. The van der Waals surface area contributed by atoms with Gasteiger partial charge < -0.3 is 4.42 Å². The van der Waals surface area contributed by atoms with Crippen LogP contribution in [0.5, 0.6) is 0 Å². The zero-order chi connectivity index (χ0) is 40.9. The molecule has 0 aliphatic rings. The van der Waals surface area contributed by atoms with E-state index in [4.69, 9.17) is 26.2 Å². The van der Waals surface area contributed by atoms with Gasteiger partial charge in [0.15, 0.2) is 17.5 Å². The molecule has 0 N–H and O–H groups in total. The van der Waals surface area contributed by atoms with Gasteiger partial charge in [-0.25, -0.2) is 15.0 Å². The molecule has 4 nitrogen and oxygen atoms in total. The largest absolute Gasteiger partial charge is 0.455 e. The van der Waals surface area contributed by atoms with E-state index in [1.165, 1.54) is 0 Å². The molecule has 0 radical (unpaired) electrons. The zero-order valence-corrected chi connectivity index (χ0v) is 29.4. The van der Waals surface area contributed by atoms with Crippen molar-refractivity contribution in [2.75, 3.05) is 0 Å². The summed E-state index contributed by atoms with van der Waals surface area (Å²) in [6.07, 6.45) is 0. The van der Waals surface area contributed by atoms with Crippen LogP contribution in [-0.2, 0) is 0 Å². The monoisotopic (exact) mass is 708 g/mol. The summed E-state index contributed by atoms with van der Waals surface area (Å²) in [6, 6.07) is 54.7. The maximum absolute atomic E-state index is 8.81. The second-order valence-corrected chi connectivity index (χ2v) is 13.2. The lowest BCUT2D eigenvalue weighted by molar-refractivity contribution is 0.670. The van der Waals surface area contributed by atoms with Crippen molar-refractivity contribution >= 4 is 21.9 Å². The van der Waals surface area contributed by atoms with E-state index >= 15 is 0 Å². The van der Waals surface area contributed by atoms with Gasteiger partial charge in [-0.15, -0.1) is 0 Å². The first kappa shape index (κ1) is 27.2. The molecule has 0 fully saturated rings. The van der Waals surface area contributed by atoms with Gasteiger partial charge in [-0.05, 0) is 45.0 Å². The average Bonchev–Trinajstić information content (AvgIpc) is 3.70. The molecule has 2 aromatic heterocycles. The molecule has 0 aliphatic carbocycles. The molecular formula is C51H33N3O. The van der Waals surface area contributed by atoms with Crippen LogP contribution in [0.3, 0.4) is 0 Å². The Morgan fingerprint density at radius 1 is 0.345 bits per heavy atom. The lowest BCUT2D eigenvalue weighted by Crippen LogP contribution is -2.00. The van der Waals surface area contributed by atoms with E-state index in [2.05, 4.69) is 72.8 Å². The second kappa shape index (κ2) is 13.8. The van der Waals surface area contributed by atoms with Crippen molar-refractivity contribution < 1.29 is 11.3 Å². The average molecular weight is 709 g/mol. The van der Waals surface area contributed by atoms with E-state index in [-0.39, 0.29) is 23.0 Å². The predicted molar refractivity (Wildman–Crippen MR) is 225 cm³/mol. The van der Waals surface area contributed by atoms with Gasteiger partial charge >= 0.3 is 0 Å². The van der Waals surface area contributed by atoms with E-state index in [9.17, 15) is 0 Å². The summed E-state index contributed by atoms with van der Waals surface area (Å²) in [5.41, 5.74) is 11.1. The minimum atomic E-state index is -0.490. The molecule has 10 aromatic rings. The molecule has 8 aromatic carbocycles. The number of aromatic nitrogens is 3. The van der Waals surface area contributed by atoms with Crippen LogP contribution in [0.4, 0.5) is 0 Å². The minimum Gasteiger partial charge on any atom is -0.455 e. The summed E-state index contributed by atoms with van der Waals surface area (Å²) in [5.74, 6) is 0.529. The fourth-order valence-corrected chi connectivity index (χ4v) is 7.13. The van der Waals surface area contributed by atoms with Crippen LogP contribution in [0, 0.1) is 0 Å². The predicted octanol–water partition coefficient (Wildman–Crippen LogP) is 13.4. The summed E-state index contributed by atoms with van der Waals surface area (Å²) in [6.45, 7) is 0. The number of rotatable bonds is 7. The van der Waals surface area contributed by atoms with Crippen LogP contribution in [-0.4, -0.2) is 15.0 Å². The van der Waals surface area contributed by atoms with Gasteiger partial charge in [0.1, 0.15) is 11.2 Å². The Bertz CT molecular complexity index is 3200. The Balaban J connectivity index is 1.10. The molecular weight excluding hydrogens is 671 g/mol. The number of para-hydroxylation sites is 1. The minimum absolute atomic E-state index is 0.0309. The Kier molecular flexibility index (Phi) is 6.85. The number of fused-ring (bicyclic) bond motifs is 3. The van der Waals surface area contributed by atoms with Crippen LogP contribution < -0.4 is 0 Å². The third-order valence-corrected chi connectivity index (χ3v) is 9.89. The molecule has 0 amide bonds. The van der Waals surface area contributed by atoms with Crippen LogP contribution >= 0.6 is 0 Å². The Morgan fingerprint density at radius 2 is 0.800 bits per heavy atom. The SMILES string of the molecule is [2H]c1c([2H])c([2H])c(-c2nc(-c3ccc(-c4ccc(-c5ccccc5)cc4)cc3)nc(-c3cccc4oc5c(-c6ccc(-c7ccccc7)cc6)cccc5c34)n2)c([2H])c1[2H]. The van der Waals surface area contributed by atoms with Crippen molar-refractivity contribution in [1.82, 2.24) is 15.0 Å². The highest BCUT2D eigenvalue weighted by Gasteiger charge is 2.19. The standard InChI is InChI=1S/C51H33N3O/c1-4-12-34(13-5-1)36-22-24-38(25-23-36)39-28-32-42(33-29-39)50-52-49(41-16-8-3-9-17-41)53-51(54-50)45-20-11-21-46-47(45)44-19-10-18-43(48(44)55-46)40-30-26-37(27-31-40)35-14-6-2-7-15-35/h1-33H/i3D,8D,9D,16D,17D. The van der Waals surface area contributed by atoms with Gasteiger partial charge in [-0.2, -0.15) is 0 Å². The van der Waals surface area contributed by atoms with Crippen molar-refractivity contribution in [2.24, 2.45) is 0 Å². The number of hydrogen-bond donors (Lipinski definition) is 0. The van der Waals surface area contributed by atoms with E-state index in [0.717, 1.165) is 55.3 Å². The quantitative estimate of drug-likeness (QED) is 0.165. The summed E-state index contributed by atoms with van der Waals surface area (Å²) in [7, 11) is 0. The first-order chi connectivity index (χ1) is 29.3. The lowest BCUT2D eigenvalue weighted by atomic mass is 9.98. The smallest absolute Gasteiger partial charge is 0.164 e. The molecule has 0 bridgehead atoms. The van der Waals surface area contributed by atoms with Gasteiger partial charge in [-0.3, -0.25) is 0 Å². The van der Waals surface area contributed by atoms with Crippen LogP contribution in [0.15, 0.2) is 204 Å². The van der Waals surface area contributed by atoms with Crippen LogP contribution in [0.1, 0.15) is 6.85 Å². The molecule has 258 valence electrons. The third-order valence-electron chi connectivity index (χ3n) is 9.89. The Labute approximate surface area is 326 Å². The third kappa shape index (κ3) is 6.16. The summed E-state index contributed by atoms with van der Waals surface area (Å²) >= 11 is 0. The highest BCUT2D eigenvalue weighted by Crippen LogP contribution is 2.41. The maximum Gasteiger partial charge on any atom is 0.164 e. The lowest BCUT2D eigenvalue weighted by Gasteiger charge is -2.10. The van der Waals surface area contributed by atoms with Crippen LogP contribution in [0.2, 0.25) is 0 Å². The summed E-state index contributed by atoms with van der Waals surface area (Å²) in [5, 5.41) is 1.65. The van der Waals surface area contributed by atoms with Crippen molar-refractivity contribution in [3.8, 4) is 78.7 Å². The second-order valence-electron chi connectivity index (χ2n) is 13.2. The summed E-state index contributed by atoms with van der Waals surface area (Å²) < 4.78 is 49.3. The Hall–Kier alpha value is -7.43. The molecule has 0 atom stereocenters. The zero-order valence-electron chi connectivity index (χ0n) is 34.4. The van der Waals surface area contributed by atoms with E-state index < -0.39 is 30.2 Å². The topological polar surface area (TPSA) is 51.8 Å². The van der Waals surface area contributed by atoms with E-state index in [1.807, 2.05) is 97.1 Å². The first-order valence-corrected chi connectivity index (χ1v) is 18.0. The first-order valence-electron chi connectivity index (χ1n) is 20.5. The molecule has 2 heterocycles. The van der Waals surface area contributed by atoms with Gasteiger partial charge in [-0.1, -0.05) is 194 Å². The highest BCUT2D eigenvalue weighted by molar-refractivity contribution is 6.15. The van der Waals surface area contributed by atoms with Gasteiger partial charge in [0, 0.05) is 33.0 Å². The summed E-state index contributed by atoms with van der Waals surface area (Å²) in [4.78, 5) is 14.6. The van der Waals surface area contributed by atoms with Gasteiger partial charge in [0.25, 0.3) is 0 Å². The molecule has 10 rings (SSSR count). The van der Waals surface area contributed by atoms with E-state index in [1.54, 1.807) is 0 Å². The van der Waals surface area contributed by atoms with Crippen molar-refractivity contribution in [1.29, 1.82) is 0 Å². The fourth-order valence-electron chi connectivity index (χ4n) is 7.13. The molecule has 0 saturated carbocycles. The Morgan fingerprint density at radius 3 is 1.38 bits per heavy atom. The molecule has 0 unspecified atom stereocenters. The normalized spacial score (nSPS) is 12.5. The number of benzene rings is 8. The van der Waals surface area contributed by atoms with Crippen molar-refractivity contribution in [2.45, 2.75) is 0 Å². The highest BCUT2D eigenvalue weighted by atomic mass is 16.3.